The molecule has 34 heavy (non-hydrogen) atoms. The van der Waals surface area contributed by atoms with Crippen molar-refractivity contribution < 1.29 is 98.4 Å². The quantitative estimate of drug-likeness (QED) is 0.210. The second-order valence-corrected chi connectivity index (χ2v) is 5.25. The van der Waals surface area contributed by atoms with Crippen LogP contribution in [-0.2, 0) is 31.2 Å². The van der Waals surface area contributed by atoms with Gasteiger partial charge >= 0.3 is 156 Å². The standard InChI is InChI=1S/2Al.2Ca.2Mg.7O3Si/c;;;;;;7*1-4(2)3/q2*+3;4*+2;7*-2. The van der Waals surface area contributed by atoms with Crippen LogP contribution in [0.4, 0.5) is 0 Å². The molecule has 21 nitrogen and oxygen atoms in total. The van der Waals surface area contributed by atoms with Gasteiger partial charge in [-0.05, 0) is 0 Å². The van der Waals surface area contributed by atoms with Crippen molar-refractivity contribution in [2.24, 2.45) is 0 Å². The van der Waals surface area contributed by atoms with Gasteiger partial charge in [-0.15, -0.1) is 0 Å². The summed E-state index contributed by atoms with van der Waals surface area (Å²) in [6.45, 7) is 0. The van der Waals surface area contributed by atoms with E-state index in [9.17, 15) is 0 Å². The molecule has 168 valence electrons. The molecule has 0 spiro atoms. The van der Waals surface area contributed by atoms with Crippen LogP contribution in [-0.4, -0.2) is 220 Å². The van der Waals surface area contributed by atoms with Gasteiger partial charge in [-0.2, -0.15) is 0 Å². The van der Waals surface area contributed by atoms with E-state index < -0.39 is 64.2 Å². The van der Waals surface area contributed by atoms with Crippen LogP contribution in [0.5, 0.6) is 0 Å². The average molecular weight is 715 g/mol. The van der Waals surface area contributed by atoms with Gasteiger partial charge in [0, 0.05) is 64.2 Å². The third kappa shape index (κ3) is 6490. The summed E-state index contributed by atoms with van der Waals surface area (Å²) in [6, 6.07) is 0. The van der Waals surface area contributed by atoms with Gasteiger partial charge in [-0.25, -0.2) is 0 Å². The Morgan fingerprint density at radius 1 is 0.265 bits per heavy atom. The van der Waals surface area contributed by atoms with Gasteiger partial charge < -0.3 is 98.4 Å². The number of hydrogen-bond acceptors (Lipinski definition) is 21. The summed E-state index contributed by atoms with van der Waals surface area (Å²) < 4.78 is 59.6. The normalized spacial score (nSPS) is 4.94. The fourth-order valence-corrected chi connectivity index (χ4v) is 0. The molecule has 0 aromatic heterocycles. The molecule has 0 heterocycles. The van der Waals surface area contributed by atoms with Gasteiger partial charge in [0.25, 0.3) is 0 Å². The van der Waals surface area contributed by atoms with Crippen LogP contribution >= 0.6 is 0 Å². The van der Waals surface area contributed by atoms with Crippen LogP contribution in [0, 0.1) is 0 Å². The zero-order valence-corrected chi connectivity index (χ0v) is 32.6. The minimum atomic E-state index is -3.63. The zero-order valence-electron chi connectivity index (χ0n) is 16.1. The molecule has 0 bridgehead atoms. The first kappa shape index (κ1) is 83.3. The monoisotopic (exact) mass is 714 g/mol. The van der Waals surface area contributed by atoms with Gasteiger partial charge in [0.1, 0.15) is 0 Å². The topological polar surface area (TPSA) is 442 Å². The third-order valence-corrected chi connectivity index (χ3v) is 0. The Kier molecular flexibility index (Phi) is 187. The first-order valence-corrected chi connectivity index (χ1v) is 12.9. The summed E-state index contributed by atoms with van der Waals surface area (Å²) in [4.78, 5) is 119. The van der Waals surface area contributed by atoms with Crippen molar-refractivity contribution >= 4 is 220 Å². The molecule has 0 rings (SSSR count). The maximum atomic E-state index is 8.52. The molecule has 0 aromatic rings. The summed E-state index contributed by atoms with van der Waals surface area (Å²) in [5, 5.41) is 0. The fraction of sp³-hybridized carbons (Fsp3) is 0. The van der Waals surface area contributed by atoms with Gasteiger partial charge in [-0.3, -0.25) is 0 Å². The molecule has 0 fully saturated rings. The Bertz CT molecular complexity index is 334. The summed E-state index contributed by atoms with van der Waals surface area (Å²) in [6.07, 6.45) is 0. The van der Waals surface area contributed by atoms with Crippen LogP contribution in [0.1, 0.15) is 0 Å². The summed E-state index contributed by atoms with van der Waals surface area (Å²) in [5.74, 6) is 0. The maximum Gasteiger partial charge on any atom is 3.00 e. The average Bonchev–Trinajstić information content (AvgIpc) is 2.20. The van der Waals surface area contributed by atoms with Gasteiger partial charge in [0.05, 0.1) is 0 Å². The van der Waals surface area contributed by atoms with Crippen LogP contribution in [0.15, 0.2) is 0 Å². The Morgan fingerprint density at radius 3 is 0.265 bits per heavy atom. The first-order valence-electron chi connectivity index (χ1n) is 4.29. The second-order valence-electron chi connectivity index (χ2n) is 1.75. The van der Waals surface area contributed by atoms with E-state index in [0.717, 1.165) is 0 Å². The van der Waals surface area contributed by atoms with Crippen LogP contribution < -0.4 is 67.1 Å². The Hall–Kier alpha value is 2.44. The van der Waals surface area contributed by atoms with E-state index in [4.69, 9.17) is 98.4 Å². The van der Waals surface area contributed by atoms with Gasteiger partial charge in [0.2, 0.25) is 0 Å². The zero-order chi connectivity index (χ0) is 25.0. The molecule has 0 aliphatic rings. The van der Waals surface area contributed by atoms with Crippen LogP contribution in [0.25, 0.3) is 0 Å². The molecule has 0 atom stereocenters. The predicted molar refractivity (Wildman–Crippen MR) is 79.6 cm³/mol. The second kappa shape index (κ2) is 76.5. The Morgan fingerprint density at radius 2 is 0.265 bits per heavy atom. The molecule has 0 saturated heterocycles. The fourth-order valence-electron chi connectivity index (χ4n) is 0. The van der Waals surface area contributed by atoms with Crippen molar-refractivity contribution in [3.63, 3.8) is 0 Å². The van der Waals surface area contributed by atoms with Crippen molar-refractivity contribution in [1.29, 1.82) is 0 Å². The van der Waals surface area contributed by atoms with Crippen molar-refractivity contribution in [3.05, 3.63) is 0 Å². The largest absolute Gasteiger partial charge is 3.00 e. The smallest absolute Gasteiger partial charge is 0.672 e. The molecule has 0 N–H and O–H groups in total. The Labute approximate surface area is 313 Å². The minimum absolute atomic E-state index is 0. The van der Waals surface area contributed by atoms with Crippen molar-refractivity contribution in [1.82, 2.24) is 0 Å². The SMILES string of the molecule is O=[Si]([O-])[O-].O=[Si]([O-])[O-].O=[Si]([O-])[O-].O=[Si]([O-])[O-].O=[Si]([O-])[O-].O=[Si]([O-])[O-].O=[Si]([O-])[O-].[Al+3].[Al+3].[Ca+2].[Ca+2].[Mg+2].[Mg+2]. The molecule has 0 saturated carbocycles. The van der Waals surface area contributed by atoms with Crippen molar-refractivity contribution in [2.75, 3.05) is 0 Å². The molecule has 0 radical (unpaired) electrons. The molecule has 0 unspecified atom stereocenters. The Balaban J connectivity index is -0.0000000134. The van der Waals surface area contributed by atoms with Crippen LogP contribution in [0.2, 0.25) is 0 Å². The number of rotatable bonds is 0. The predicted octanol–water partition coefficient (Wildman–Crippen LogP) is -22.4. The van der Waals surface area contributed by atoms with E-state index in [1.807, 2.05) is 0 Å². The van der Waals surface area contributed by atoms with Crippen LogP contribution in [0.3, 0.4) is 0 Å². The molecule has 0 amide bonds. The molecular formula is Al2Ca2Mg2O21Si7. The molecule has 0 aliphatic heterocycles. The minimum Gasteiger partial charge on any atom is -0.672 e. The van der Waals surface area contributed by atoms with Gasteiger partial charge in [-0.1, -0.05) is 0 Å². The van der Waals surface area contributed by atoms with E-state index >= 15 is 0 Å². The molecular weight excluding hydrogens is 715 g/mol. The van der Waals surface area contributed by atoms with Crippen molar-refractivity contribution in [2.45, 2.75) is 0 Å². The molecule has 0 aromatic carbocycles. The third-order valence-electron chi connectivity index (χ3n) is 0. The molecule has 0 aliphatic carbocycles. The van der Waals surface area contributed by atoms with E-state index in [0.29, 0.717) is 0 Å². The first-order chi connectivity index (χ1) is 12.1. The van der Waals surface area contributed by atoms with Crippen molar-refractivity contribution in [3.8, 4) is 0 Å². The number of hydrogen-bond donors (Lipinski definition) is 0. The van der Waals surface area contributed by atoms with E-state index in [2.05, 4.69) is 0 Å². The van der Waals surface area contributed by atoms with E-state index in [1.165, 1.54) is 0 Å². The van der Waals surface area contributed by atoms with E-state index in [-0.39, 0.29) is 156 Å². The summed E-state index contributed by atoms with van der Waals surface area (Å²) in [5.41, 5.74) is 0. The van der Waals surface area contributed by atoms with E-state index in [1.54, 1.807) is 0 Å². The van der Waals surface area contributed by atoms with Gasteiger partial charge in [0.15, 0.2) is 0 Å². The molecule has 34 heteroatoms. The summed E-state index contributed by atoms with van der Waals surface area (Å²) in [7, 11) is -25.4. The summed E-state index contributed by atoms with van der Waals surface area (Å²) >= 11 is 0. The maximum absolute atomic E-state index is 8.52.